The number of aromatic nitrogens is 1. The van der Waals surface area contributed by atoms with Gasteiger partial charge in [0.2, 0.25) is 0 Å². The van der Waals surface area contributed by atoms with Crippen LogP contribution in [0.25, 0.3) is 33.2 Å². The number of nitrogens with two attached hydrogens (primary N) is 1. The van der Waals surface area contributed by atoms with E-state index in [1.54, 1.807) is 30.3 Å². The Hall–Kier alpha value is -4.27. The molecule has 0 aliphatic rings. The first kappa shape index (κ1) is 32.1. The molecule has 1 amide bonds. The molecule has 5 aromatic carbocycles. The molecular weight excluding hydrogens is 625 g/mol. The summed E-state index contributed by atoms with van der Waals surface area (Å²) in [4.78, 5) is 12.7. The second kappa shape index (κ2) is 14.7. The van der Waals surface area contributed by atoms with Crippen LogP contribution in [0.15, 0.2) is 114 Å². The van der Waals surface area contributed by atoms with E-state index in [1.165, 1.54) is 0 Å². The van der Waals surface area contributed by atoms with Crippen molar-refractivity contribution in [3.8, 4) is 28.1 Å². The molecule has 9 heteroatoms. The Bertz CT molecular complexity index is 1910. The van der Waals surface area contributed by atoms with Crippen molar-refractivity contribution in [3.63, 3.8) is 0 Å². The van der Waals surface area contributed by atoms with Gasteiger partial charge in [0, 0.05) is 28.1 Å². The molecule has 0 spiro atoms. The number of benzene rings is 5. The van der Waals surface area contributed by atoms with Crippen molar-refractivity contribution >= 4 is 58.4 Å². The Morgan fingerprint density at radius 2 is 1.53 bits per heavy atom. The number of amides is 1. The Morgan fingerprint density at radius 1 is 0.867 bits per heavy atom. The van der Waals surface area contributed by atoms with Crippen LogP contribution in [0.2, 0.25) is 10.0 Å². The molecule has 0 aliphatic heterocycles. The van der Waals surface area contributed by atoms with Crippen molar-refractivity contribution < 1.29 is 14.1 Å². The summed E-state index contributed by atoms with van der Waals surface area (Å²) in [5.74, 6) is 1.41. The number of nitrogens with zero attached hydrogens (tertiary/aromatic N) is 1. The standard InChI is InChI=1S/C36H28Cl2N2O3.H3NS/c1-22(2)35-29(34(40-43-35)33-30(37)11-7-12-31(33)38)21-42-27-17-14-23(15-18-27)25-16-19-28-26(20-25)10-6-13-32(28)39-36(41)24-8-4-3-5-9-24;1-2/h3-20,22H,21H2,1-2H3,(H,39,41);2H,1H2. The number of ether oxygens (including phenoxy) is 1. The van der Waals surface area contributed by atoms with Gasteiger partial charge in [0.25, 0.3) is 5.91 Å². The van der Waals surface area contributed by atoms with Crippen LogP contribution in [0, 0.1) is 0 Å². The molecule has 6 aromatic rings. The summed E-state index contributed by atoms with van der Waals surface area (Å²) < 4.78 is 11.9. The summed E-state index contributed by atoms with van der Waals surface area (Å²) >= 11 is 16.0. The molecule has 0 saturated carbocycles. The highest BCUT2D eigenvalue weighted by atomic mass is 35.5. The highest BCUT2D eigenvalue weighted by Crippen LogP contribution is 2.39. The van der Waals surface area contributed by atoms with Gasteiger partial charge in [0.1, 0.15) is 23.8 Å². The van der Waals surface area contributed by atoms with E-state index in [0.29, 0.717) is 32.6 Å². The van der Waals surface area contributed by atoms with Gasteiger partial charge < -0.3 is 14.6 Å². The summed E-state index contributed by atoms with van der Waals surface area (Å²) in [6.07, 6.45) is 0. The van der Waals surface area contributed by atoms with E-state index in [0.717, 1.165) is 38.9 Å². The molecule has 0 radical (unpaired) electrons. The van der Waals surface area contributed by atoms with E-state index in [1.807, 2.05) is 80.6 Å². The van der Waals surface area contributed by atoms with E-state index in [-0.39, 0.29) is 18.4 Å². The smallest absolute Gasteiger partial charge is 0.255 e. The molecule has 6 nitrogen and oxygen atoms in total. The van der Waals surface area contributed by atoms with E-state index in [2.05, 4.69) is 40.6 Å². The third kappa shape index (κ3) is 7.18. The first-order chi connectivity index (χ1) is 21.9. The van der Waals surface area contributed by atoms with Gasteiger partial charge in [-0.05, 0) is 65.0 Å². The second-order valence-electron chi connectivity index (χ2n) is 10.5. The van der Waals surface area contributed by atoms with Gasteiger partial charge in [-0.1, -0.05) is 103 Å². The second-order valence-corrected chi connectivity index (χ2v) is 11.3. The van der Waals surface area contributed by atoms with Crippen molar-refractivity contribution in [2.24, 2.45) is 5.14 Å². The van der Waals surface area contributed by atoms with Crippen LogP contribution in [0.3, 0.4) is 0 Å². The molecule has 0 bridgehead atoms. The third-order valence-electron chi connectivity index (χ3n) is 7.28. The van der Waals surface area contributed by atoms with Crippen molar-refractivity contribution in [1.82, 2.24) is 5.16 Å². The van der Waals surface area contributed by atoms with Crippen LogP contribution in [0.4, 0.5) is 5.69 Å². The number of carbonyl (C=O) groups is 1. The van der Waals surface area contributed by atoms with Gasteiger partial charge >= 0.3 is 0 Å². The Kier molecular flexibility index (Phi) is 10.5. The zero-order valence-electron chi connectivity index (χ0n) is 24.6. The lowest BCUT2D eigenvalue weighted by atomic mass is 10.00. The largest absolute Gasteiger partial charge is 0.489 e. The first-order valence-electron chi connectivity index (χ1n) is 14.2. The molecule has 1 heterocycles. The highest BCUT2D eigenvalue weighted by molar-refractivity contribution is 7.77. The predicted octanol–water partition coefficient (Wildman–Crippen LogP) is 10.2. The Morgan fingerprint density at radius 3 is 2.22 bits per heavy atom. The number of anilines is 1. The number of halogens is 2. The Labute approximate surface area is 277 Å². The third-order valence-corrected chi connectivity index (χ3v) is 7.91. The van der Waals surface area contributed by atoms with Crippen molar-refractivity contribution in [3.05, 3.63) is 136 Å². The topological polar surface area (TPSA) is 90.4 Å². The van der Waals surface area contributed by atoms with Gasteiger partial charge in [-0.25, -0.2) is 0 Å². The Balaban J connectivity index is 0.00000196. The van der Waals surface area contributed by atoms with Crippen LogP contribution < -0.4 is 15.2 Å². The molecule has 3 N–H and O–H groups in total. The molecule has 0 saturated heterocycles. The highest BCUT2D eigenvalue weighted by Gasteiger charge is 2.24. The van der Waals surface area contributed by atoms with Gasteiger partial charge in [-0.3, -0.25) is 9.93 Å². The van der Waals surface area contributed by atoms with Crippen molar-refractivity contribution in [2.45, 2.75) is 26.4 Å². The minimum atomic E-state index is -0.137. The number of nitrogens with one attached hydrogen (secondary N) is 1. The maximum absolute atomic E-state index is 12.7. The summed E-state index contributed by atoms with van der Waals surface area (Å²) in [6, 6.07) is 34.6. The number of thiol groups is 1. The number of carbonyl (C=O) groups excluding carboxylic acids is 1. The zero-order valence-corrected chi connectivity index (χ0v) is 27.0. The fourth-order valence-electron chi connectivity index (χ4n) is 5.09. The van der Waals surface area contributed by atoms with E-state index < -0.39 is 0 Å². The average molecular weight is 657 g/mol. The van der Waals surface area contributed by atoms with Crippen molar-refractivity contribution in [2.75, 3.05) is 5.32 Å². The average Bonchev–Trinajstić information content (AvgIpc) is 3.49. The fourth-order valence-corrected chi connectivity index (χ4v) is 5.67. The molecule has 0 fully saturated rings. The van der Waals surface area contributed by atoms with Gasteiger partial charge in [-0.2, -0.15) is 0 Å². The number of rotatable bonds is 8. The summed E-state index contributed by atoms with van der Waals surface area (Å²) in [5, 5.41) is 14.6. The fraction of sp³-hybridized carbons (Fsp3) is 0.111. The predicted molar refractivity (Wildman–Crippen MR) is 187 cm³/mol. The molecule has 0 aliphatic carbocycles. The maximum Gasteiger partial charge on any atom is 0.255 e. The lowest BCUT2D eigenvalue weighted by Gasteiger charge is -2.12. The zero-order chi connectivity index (χ0) is 31.9. The quantitative estimate of drug-likeness (QED) is 0.142. The van der Waals surface area contributed by atoms with E-state index in [4.69, 9.17) is 32.5 Å². The maximum atomic E-state index is 12.7. The minimum Gasteiger partial charge on any atom is -0.489 e. The molecule has 6 rings (SSSR count). The summed E-state index contributed by atoms with van der Waals surface area (Å²) in [6.45, 7) is 4.34. The van der Waals surface area contributed by atoms with Gasteiger partial charge in [-0.15, -0.1) is 12.8 Å². The number of fused-ring (bicyclic) bond motifs is 1. The minimum absolute atomic E-state index is 0.101. The van der Waals surface area contributed by atoms with E-state index >= 15 is 0 Å². The summed E-state index contributed by atoms with van der Waals surface area (Å²) in [7, 11) is 0. The van der Waals surface area contributed by atoms with E-state index in [9.17, 15) is 4.79 Å². The molecule has 0 unspecified atom stereocenters. The van der Waals surface area contributed by atoms with Crippen LogP contribution in [0.5, 0.6) is 5.75 Å². The van der Waals surface area contributed by atoms with Crippen molar-refractivity contribution in [1.29, 1.82) is 0 Å². The van der Waals surface area contributed by atoms with Gasteiger partial charge in [0.15, 0.2) is 0 Å². The van der Waals surface area contributed by atoms with Crippen LogP contribution in [-0.2, 0) is 6.61 Å². The van der Waals surface area contributed by atoms with Crippen LogP contribution >= 0.6 is 36.0 Å². The molecule has 1 aromatic heterocycles. The van der Waals surface area contributed by atoms with Crippen LogP contribution in [0.1, 0.15) is 41.4 Å². The summed E-state index contributed by atoms with van der Waals surface area (Å²) in [5.41, 5.74) is 5.53. The molecular formula is C36H31Cl2N3O3S. The normalized spacial score (nSPS) is 10.8. The number of hydrogen-bond donors (Lipinski definition) is 3. The molecule has 228 valence electrons. The number of hydrogen-bond acceptors (Lipinski definition) is 6. The molecule has 0 atom stereocenters. The van der Waals surface area contributed by atoms with Gasteiger partial charge in [0.05, 0.1) is 15.6 Å². The first-order valence-corrected chi connectivity index (χ1v) is 15.5. The SMILES string of the molecule is CC(C)c1onc(-c2c(Cl)cccc2Cl)c1COc1ccc(-c2ccc3c(NC(=O)c4ccccc4)cccc3c2)cc1.NS. The van der Waals surface area contributed by atoms with Crippen LogP contribution in [-0.4, -0.2) is 11.1 Å². The lowest BCUT2D eigenvalue weighted by Crippen LogP contribution is -2.11. The lowest BCUT2D eigenvalue weighted by molar-refractivity contribution is 0.102. The molecule has 45 heavy (non-hydrogen) atoms. The monoisotopic (exact) mass is 655 g/mol.